The lowest BCUT2D eigenvalue weighted by Gasteiger charge is -2.20. The van der Waals surface area contributed by atoms with Gasteiger partial charge in [0.1, 0.15) is 5.75 Å². The van der Waals surface area contributed by atoms with Gasteiger partial charge in [-0.15, -0.1) is 0 Å². The van der Waals surface area contributed by atoms with Crippen LogP contribution in [0.5, 0.6) is 5.75 Å². The molecular weight excluding hydrogens is 260 g/mol. The van der Waals surface area contributed by atoms with Gasteiger partial charge < -0.3 is 10.1 Å². The van der Waals surface area contributed by atoms with Gasteiger partial charge in [-0.1, -0.05) is 19.1 Å². The highest BCUT2D eigenvalue weighted by Gasteiger charge is 2.23. The number of aryl methyl sites for hydroxylation is 1. The Morgan fingerprint density at radius 1 is 1.24 bits per heavy atom. The topological polar surface area (TPSA) is 34.2 Å². The van der Waals surface area contributed by atoms with Crippen molar-refractivity contribution in [3.05, 3.63) is 59.4 Å². The number of hydrogen-bond donors (Lipinski definition) is 1. The zero-order valence-electron chi connectivity index (χ0n) is 12.7. The second-order valence-corrected chi connectivity index (χ2v) is 5.54. The first kappa shape index (κ1) is 14.1. The first-order valence-corrected chi connectivity index (χ1v) is 7.68. The van der Waals surface area contributed by atoms with Crippen molar-refractivity contribution in [2.45, 2.75) is 38.3 Å². The monoisotopic (exact) mass is 282 g/mol. The quantitative estimate of drug-likeness (QED) is 0.880. The predicted octanol–water partition coefficient (Wildman–Crippen LogP) is 3.49. The van der Waals surface area contributed by atoms with Gasteiger partial charge in [-0.3, -0.25) is 4.98 Å². The standard InChI is InChI=1S/C18H22N2O/c1-3-13-12-20-11-10-17(13)18(19-2)14-4-6-15(7-5-14)21-16-8-9-16/h4-7,10-12,16,18-19H,3,8-9H2,1-2H3. The van der Waals surface area contributed by atoms with Crippen LogP contribution in [-0.2, 0) is 6.42 Å². The Hall–Kier alpha value is -1.87. The molecule has 2 aromatic rings. The maximum Gasteiger partial charge on any atom is 0.119 e. The second kappa shape index (κ2) is 6.27. The summed E-state index contributed by atoms with van der Waals surface area (Å²) in [4.78, 5) is 4.23. The van der Waals surface area contributed by atoms with Crippen LogP contribution in [0.2, 0.25) is 0 Å². The zero-order chi connectivity index (χ0) is 14.7. The Bertz CT molecular complexity index is 590. The fourth-order valence-electron chi connectivity index (χ4n) is 2.63. The summed E-state index contributed by atoms with van der Waals surface area (Å²) in [6.45, 7) is 2.17. The summed E-state index contributed by atoms with van der Waals surface area (Å²) in [6, 6.07) is 10.7. The van der Waals surface area contributed by atoms with E-state index in [0.29, 0.717) is 6.10 Å². The minimum absolute atomic E-state index is 0.193. The van der Waals surface area contributed by atoms with Crippen molar-refractivity contribution in [3.8, 4) is 5.75 Å². The van der Waals surface area contributed by atoms with Crippen LogP contribution < -0.4 is 10.1 Å². The number of ether oxygens (including phenoxy) is 1. The van der Waals surface area contributed by atoms with Crippen LogP contribution in [0.4, 0.5) is 0 Å². The minimum atomic E-state index is 0.193. The summed E-state index contributed by atoms with van der Waals surface area (Å²) in [5, 5.41) is 3.41. The SMILES string of the molecule is CCc1cnccc1C(NC)c1ccc(OC2CC2)cc1. The van der Waals surface area contributed by atoms with E-state index in [1.54, 1.807) is 0 Å². The summed E-state index contributed by atoms with van der Waals surface area (Å²) in [7, 11) is 2.00. The second-order valence-electron chi connectivity index (χ2n) is 5.54. The molecule has 1 heterocycles. The number of nitrogens with zero attached hydrogens (tertiary/aromatic N) is 1. The molecule has 1 aliphatic rings. The third kappa shape index (κ3) is 3.24. The van der Waals surface area contributed by atoms with Gasteiger partial charge in [0, 0.05) is 12.4 Å². The maximum absolute atomic E-state index is 5.81. The molecule has 0 radical (unpaired) electrons. The van der Waals surface area contributed by atoms with Crippen LogP contribution in [0.25, 0.3) is 0 Å². The van der Waals surface area contributed by atoms with Crippen molar-refractivity contribution in [2.24, 2.45) is 0 Å². The molecule has 110 valence electrons. The third-order valence-corrected chi connectivity index (χ3v) is 3.96. The molecule has 1 atom stereocenters. The lowest BCUT2D eigenvalue weighted by molar-refractivity contribution is 0.303. The van der Waals surface area contributed by atoms with E-state index < -0.39 is 0 Å². The average Bonchev–Trinajstić information content (AvgIpc) is 3.34. The molecule has 1 N–H and O–H groups in total. The van der Waals surface area contributed by atoms with Crippen molar-refractivity contribution in [1.29, 1.82) is 0 Å². The first-order chi connectivity index (χ1) is 10.3. The average molecular weight is 282 g/mol. The van der Waals surface area contributed by atoms with Crippen molar-refractivity contribution >= 4 is 0 Å². The molecule has 1 aromatic carbocycles. The van der Waals surface area contributed by atoms with Crippen LogP contribution in [0.15, 0.2) is 42.7 Å². The normalized spacial score (nSPS) is 15.7. The Kier molecular flexibility index (Phi) is 4.20. The number of benzene rings is 1. The van der Waals surface area contributed by atoms with E-state index in [9.17, 15) is 0 Å². The largest absolute Gasteiger partial charge is 0.490 e. The van der Waals surface area contributed by atoms with E-state index in [4.69, 9.17) is 4.74 Å². The van der Waals surface area contributed by atoms with Crippen LogP contribution in [0.1, 0.15) is 42.5 Å². The van der Waals surface area contributed by atoms with Gasteiger partial charge >= 0.3 is 0 Å². The molecule has 3 rings (SSSR count). The molecule has 21 heavy (non-hydrogen) atoms. The molecule has 1 aromatic heterocycles. The van der Waals surface area contributed by atoms with E-state index in [1.807, 2.05) is 19.4 Å². The highest BCUT2D eigenvalue weighted by atomic mass is 16.5. The summed E-state index contributed by atoms with van der Waals surface area (Å²) < 4.78 is 5.81. The van der Waals surface area contributed by atoms with E-state index >= 15 is 0 Å². The molecule has 0 bridgehead atoms. The predicted molar refractivity (Wildman–Crippen MR) is 84.6 cm³/mol. The molecular formula is C18H22N2O. The molecule has 1 fully saturated rings. The van der Waals surface area contributed by atoms with Crippen molar-refractivity contribution in [1.82, 2.24) is 10.3 Å². The fraction of sp³-hybridized carbons (Fsp3) is 0.389. The summed E-state index contributed by atoms with van der Waals surface area (Å²) in [5.74, 6) is 0.974. The van der Waals surface area contributed by atoms with Crippen molar-refractivity contribution in [2.75, 3.05) is 7.05 Å². The Labute approximate surface area is 126 Å². The molecule has 0 saturated heterocycles. The highest BCUT2D eigenvalue weighted by molar-refractivity contribution is 5.38. The van der Waals surface area contributed by atoms with Crippen LogP contribution in [-0.4, -0.2) is 18.1 Å². The molecule has 1 aliphatic carbocycles. The van der Waals surface area contributed by atoms with Gasteiger partial charge in [-0.2, -0.15) is 0 Å². The lowest BCUT2D eigenvalue weighted by Crippen LogP contribution is -2.19. The highest BCUT2D eigenvalue weighted by Crippen LogP contribution is 2.29. The smallest absolute Gasteiger partial charge is 0.119 e. The lowest BCUT2D eigenvalue weighted by atomic mass is 9.95. The number of rotatable bonds is 6. The summed E-state index contributed by atoms with van der Waals surface area (Å²) >= 11 is 0. The molecule has 1 saturated carbocycles. The Balaban J connectivity index is 1.84. The molecule has 3 heteroatoms. The molecule has 3 nitrogen and oxygen atoms in total. The summed E-state index contributed by atoms with van der Waals surface area (Å²) in [5.41, 5.74) is 3.84. The maximum atomic E-state index is 5.81. The van der Waals surface area contributed by atoms with Crippen LogP contribution in [0, 0.1) is 0 Å². The minimum Gasteiger partial charge on any atom is -0.490 e. The summed E-state index contributed by atoms with van der Waals surface area (Å²) in [6.07, 6.45) is 7.65. The van der Waals surface area contributed by atoms with Crippen molar-refractivity contribution < 1.29 is 4.74 Å². The molecule has 0 spiro atoms. The molecule has 0 aliphatic heterocycles. The van der Waals surface area contributed by atoms with Gasteiger partial charge in [0.05, 0.1) is 12.1 Å². The van der Waals surface area contributed by atoms with Crippen LogP contribution >= 0.6 is 0 Å². The van der Waals surface area contributed by atoms with E-state index in [-0.39, 0.29) is 6.04 Å². The Morgan fingerprint density at radius 3 is 2.62 bits per heavy atom. The Morgan fingerprint density at radius 2 is 2.00 bits per heavy atom. The van der Waals surface area contributed by atoms with Gasteiger partial charge in [-0.05, 0) is 61.2 Å². The fourth-order valence-corrected chi connectivity index (χ4v) is 2.63. The zero-order valence-corrected chi connectivity index (χ0v) is 12.7. The third-order valence-electron chi connectivity index (χ3n) is 3.96. The number of aromatic nitrogens is 1. The first-order valence-electron chi connectivity index (χ1n) is 7.68. The van der Waals surface area contributed by atoms with Gasteiger partial charge in [0.2, 0.25) is 0 Å². The van der Waals surface area contributed by atoms with Gasteiger partial charge in [0.25, 0.3) is 0 Å². The number of hydrogen-bond acceptors (Lipinski definition) is 3. The van der Waals surface area contributed by atoms with Crippen LogP contribution in [0.3, 0.4) is 0 Å². The van der Waals surface area contributed by atoms with Crippen molar-refractivity contribution in [3.63, 3.8) is 0 Å². The van der Waals surface area contributed by atoms with Gasteiger partial charge in [-0.25, -0.2) is 0 Å². The van der Waals surface area contributed by atoms with E-state index in [0.717, 1.165) is 12.2 Å². The number of nitrogens with one attached hydrogen (secondary N) is 1. The van der Waals surface area contributed by atoms with E-state index in [1.165, 1.54) is 29.5 Å². The van der Waals surface area contributed by atoms with Gasteiger partial charge in [0.15, 0.2) is 0 Å². The number of pyridine rings is 1. The molecule has 1 unspecified atom stereocenters. The molecule has 0 amide bonds. The van der Waals surface area contributed by atoms with E-state index in [2.05, 4.69) is 47.6 Å².